The van der Waals surface area contributed by atoms with Crippen LogP contribution >= 0.6 is 0 Å². The van der Waals surface area contributed by atoms with E-state index < -0.39 is 35.7 Å². The molecule has 158 valence electrons. The first-order chi connectivity index (χ1) is 14.3. The number of carbonyl (C=O) groups is 3. The number of rotatable bonds is 8. The van der Waals surface area contributed by atoms with Crippen LogP contribution in [0.3, 0.4) is 0 Å². The topological polar surface area (TPSA) is 94.9 Å². The van der Waals surface area contributed by atoms with Gasteiger partial charge in [-0.25, -0.2) is 0 Å². The predicted molar refractivity (Wildman–Crippen MR) is 113 cm³/mol. The molecule has 0 radical (unpaired) electrons. The van der Waals surface area contributed by atoms with Gasteiger partial charge in [-0.1, -0.05) is 61.5 Å². The number of amides is 1. The molecular weight excluding hydrogens is 382 g/mol. The van der Waals surface area contributed by atoms with Gasteiger partial charge in [0.2, 0.25) is 5.91 Å². The minimum absolute atomic E-state index is 0.233. The smallest absolute Gasteiger partial charge is 0.307 e. The number of aliphatic carboxylic acids is 2. The van der Waals surface area contributed by atoms with Crippen LogP contribution in [0.2, 0.25) is 0 Å². The zero-order chi connectivity index (χ0) is 21.8. The Labute approximate surface area is 176 Å². The Bertz CT molecular complexity index is 909. The average molecular weight is 409 g/mol. The first-order valence-corrected chi connectivity index (χ1v) is 10.2. The van der Waals surface area contributed by atoms with Crippen molar-refractivity contribution in [1.82, 2.24) is 4.90 Å². The van der Waals surface area contributed by atoms with E-state index >= 15 is 0 Å². The number of hydrogen-bond acceptors (Lipinski definition) is 3. The van der Waals surface area contributed by atoms with Crippen LogP contribution in [0.5, 0.6) is 0 Å². The largest absolute Gasteiger partial charge is 0.481 e. The van der Waals surface area contributed by atoms with Gasteiger partial charge in [-0.3, -0.25) is 14.4 Å². The molecule has 6 nitrogen and oxygen atoms in total. The van der Waals surface area contributed by atoms with Gasteiger partial charge in [0, 0.05) is 7.05 Å². The number of hydrogen-bond donors (Lipinski definition) is 2. The van der Waals surface area contributed by atoms with E-state index in [0.717, 1.165) is 16.7 Å². The van der Waals surface area contributed by atoms with E-state index in [0.29, 0.717) is 12.8 Å². The van der Waals surface area contributed by atoms with E-state index in [1.807, 2.05) is 54.6 Å². The fraction of sp³-hybridized carbons (Fsp3) is 0.375. The van der Waals surface area contributed by atoms with E-state index in [9.17, 15) is 24.6 Å². The Morgan fingerprint density at radius 2 is 1.50 bits per heavy atom. The maximum absolute atomic E-state index is 13.0. The van der Waals surface area contributed by atoms with Crippen LogP contribution in [0.4, 0.5) is 0 Å². The Morgan fingerprint density at radius 3 is 2.00 bits per heavy atom. The number of carbonyl (C=O) groups excluding carboxylic acids is 1. The lowest BCUT2D eigenvalue weighted by molar-refractivity contribution is -0.157. The summed E-state index contributed by atoms with van der Waals surface area (Å²) in [6.07, 6.45) is 1.31. The van der Waals surface area contributed by atoms with Crippen molar-refractivity contribution in [1.29, 1.82) is 0 Å². The summed E-state index contributed by atoms with van der Waals surface area (Å²) < 4.78 is 0. The van der Waals surface area contributed by atoms with Gasteiger partial charge in [0.1, 0.15) is 0 Å². The summed E-state index contributed by atoms with van der Waals surface area (Å²) >= 11 is 0. The molecule has 0 unspecified atom stereocenters. The van der Waals surface area contributed by atoms with Gasteiger partial charge in [0.25, 0.3) is 0 Å². The molecular formula is C24H27NO5. The second-order valence-electron chi connectivity index (χ2n) is 8.06. The molecule has 4 atom stereocenters. The molecule has 1 amide bonds. The highest BCUT2D eigenvalue weighted by atomic mass is 16.4. The van der Waals surface area contributed by atoms with E-state index in [-0.39, 0.29) is 12.3 Å². The van der Waals surface area contributed by atoms with Crippen LogP contribution in [-0.2, 0) is 14.4 Å². The minimum Gasteiger partial charge on any atom is -0.481 e. The highest BCUT2D eigenvalue weighted by Gasteiger charge is 2.43. The van der Waals surface area contributed by atoms with Gasteiger partial charge in [0.15, 0.2) is 0 Å². The zero-order valence-corrected chi connectivity index (χ0v) is 17.2. The maximum Gasteiger partial charge on any atom is 0.307 e. The number of benzene rings is 2. The van der Waals surface area contributed by atoms with Crippen molar-refractivity contribution in [2.24, 2.45) is 17.8 Å². The molecule has 30 heavy (non-hydrogen) atoms. The molecule has 0 aromatic heterocycles. The third kappa shape index (κ3) is 4.53. The number of carboxylic acid groups (broad SMARTS) is 2. The summed E-state index contributed by atoms with van der Waals surface area (Å²) in [6.45, 7) is 1.62. The summed E-state index contributed by atoms with van der Waals surface area (Å²) in [4.78, 5) is 37.4. The van der Waals surface area contributed by atoms with Crippen molar-refractivity contribution in [2.75, 3.05) is 7.05 Å². The first kappa shape index (κ1) is 21.6. The average Bonchev–Trinajstić information content (AvgIpc) is 2.70. The van der Waals surface area contributed by atoms with Crippen LogP contribution < -0.4 is 0 Å². The number of carboxylic acids is 2. The van der Waals surface area contributed by atoms with E-state index in [2.05, 4.69) is 0 Å². The van der Waals surface area contributed by atoms with Crippen LogP contribution in [0.15, 0.2) is 54.6 Å². The van der Waals surface area contributed by atoms with Crippen molar-refractivity contribution in [2.45, 2.75) is 32.2 Å². The molecule has 0 spiro atoms. The third-order valence-corrected chi connectivity index (χ3v) is 6.12. The van der Waals surface area contributed by atoms with Gasteiger partial charge in [-0.2, -0.15) is 0 Å². The van der Waals surface area contributed by atoms with Crippen LogP contribution in [-0.4, -0.2) is 40.0 Å². The molecule has 6 heteroatoms. The molecule has 0 aliphatic heterocycles. The van der Waals surface area contributed by atoms with Gasteiger partial charge in [-0.05, 0) is 36.0 Å². The molecule has 2 N–H and O–H groups in total. The first-order valence-electron chi connectivity index (χ1n) is 10.2. The normalized spacial score (nSPS) is 19.9. The highest BCUT2D eigenvalue weighted by molar-refractivity contribution is 5.86. The fourth-order valence-corrected chi connectivity index (χ4v) is 3.99. The molecule has 0 bridgehead atoms. The van der Waals surface area contributed by atoms with Crippen molar-refractivity contribution in [3.8, 4) is 11.1 Å². The van der Waals surface area contributed by atoms with Gasteiger partial charge in [-0.15, -0.1) is 0 Å². The Hall–Kier alpha value is -3.15. The lowest BCUT2D eigenvalue weighted by atomic mass is 9.72. The Morgan fingerprint density at radius 1 is 0.933 bits per heavy atom. The molecule has 1 aliphatic carbocycles. The summed E-state index contributed by atoms with van der Waals surface area (Å²) in [5.74, 6) is -3.94. The monoisotopic (exact) mass is 409 g/mol. The van der Waals surface area contributed by atoms with Crippen LogP contribution in [0.1, 0.15) is 37.8 Å². The van der Waals surface area contributed by atoms with Crippen molar-refractivity contribution in [3.05, 3.63) is 60.2 Å². The Kier molecular flexibility index (Phi) is 6.55. The lowest BCUT2D eigenvalue weighted by Gasteiger charge is -2.38. The van der Waals surface area contributed by atoms with E-state index in [1.165, 1.54) is 4.90 Å². The lowest BCUT2D eigenvalue weighted by Crippen LogP contribution is -2.46. The predicted octanol–water partition coefficient (Wildman–Crippen LogP) is 4.07. The van der Waals surface area contributed by atoms with Crippen LogP contribution in [0.25, 0.3) is 11.1 Å². The maximum atomic E-state index is 13.0. The van der Waals surface area contributed by atoms with Crippen molar-refractivity contribution >= 4 is 17.8 Å². The minimum atomic E-state index is -0.948. The SMILES string of the molecule is C[C@H](C[C@@H](c1ccc(-c2ccccc2)cc1)N(C)C(=O)[C@H]1CC[C@H]1C(=O)O)C(=O)O. The molecule has 3 rings (SSSR count). The van der Waals surface area contributed by atoms with Gasteiger partial charge in [0.05, 0.1) is 23.8 Å². The summed E-state index contributed by atoms with van der Waals surface area (Å²) in [6, 6.07) is 17.2. The van der Waals surface area contributed by atoms with Gasteiger partial charge >= 0.3 is 11.9 Å². The fourth-order valence-electron chi connectivity index (χ4n) is 3.99. The van der Waals surface area contributed by atoms with E-state index in [1.54, 1.807) is 14.0 Å². The molecule has 0 saturated heterocycles. The second-order valence-corrected chi connectivity index (χ2v) is 8.06. The van der Waals surface area contributed by atoms with E-state index in [4.69, 9.17) is 0 Å². The third-order valence-electron chi connectivity index (χ3n) is 6.12. The highest BCUT2D eigenvalue weighted by Crippen LogP contribution is 2.38. The molecule has 0 heterocycles. The molecule has 1 fully saturated rings. The standard InChI is InChI=1S/C24H27NO5/c1-15(23(27)28)14-21(25(2)22(26)19-12-13-20(19)24(29)30)18-10-8-17(9-11-18)16-6-4-3-5-7-16/h3-11,15,19-21H,12-14H2,1-2H3,(H,27,28)(H,29,30)/t15-,19+,20-,21+/m1/s1. The second kappa shape index (κ2) is 9.11. The molecule has 2 aromatic carbocycles. The van der Waals surface area contributed by atoms with Crippen molar-refractivity contribution < 1.29 is 24.6 Å². The molecule has 1 saturated carbocycles. The van der Waals surface area contributed by atoms with Crippen LogP contribution in [0, 0.1) is 17.8 Å². The number of nitrogens with zero attached hydrogens (tertiary/aromatic N) is 1. The van der Waals surface area contributed by atoms with Crippen molar-refractivity contribution in [3.63, 3.8) is 0 Å². The molecule has 2 aromatic rings. The summed E-state index contributed by atoms with van der Waals surface area (Å²) in [7, 11) is 1.64. The van der Waals surface area contributed by atoms with Gasteiger partial charge < -0.3 is 15.1 Å². The quantitative estimate of drug-likeness (QED) is 0.685. The zero-order valence-electron chi connectivity index (χ0n) is 17.2. The summed E-state index contributed by atoms with van der Waals surface area (Å²) in [5.41, 5.74) is 2.94. The summed E-state index contributed by atoms with van der Waals surface area (Å²) in [5, 5.41) is 18.7. The Balaban J connectivity index is 1.85. The molecule has 1 aliphatic rings.